The maximum absolute atomic E-state index is 5.51. The number of hydrogen-bond acceptors (Lipinski definition) is 2. The molecule has 2 heteroatoms. The Labute approximate surface area is 86.4 Å². The van der Waals surface area contributed by atoms with Crippen LogP contribution in [0.1, 0.15) is 32.6 Å². The molecule has 0 bridgehead atoms. The predicted octanol–water partition coefficient (Wildman–Crippen LogP) is 1.80. The van der Waals surface area contributed by atoms with Crippen LogP contribution in [0.5, 0.6) is 0 Å². The fourth-order valence-electron chi connectivity index (χ4n) is 3.30. The van der Waals surface area contributed by atoms with Gasteiger partial charge in [-0.2, -0.15) is 0 Å². The molecular weight excluding hydrogens is 174 g/mol. The SMILES string of the molecule is CC1CCCC1NCC12COCC1C2. The van der Waals surface area contributed by atoms with E-state index >= 15 is 0 Å². The first-order chi connectivity index (χ1) is 6.80. The highest BCUT2D eigenvalue weighted by molar-refractivity contribution is 5.07. The first-order valence-electron chi connectivity index (χ1n) is 6.11. The molecule has 1 heterocycles. The van der Waals surface area contributed by atoms with Crippen molar-refractivity contribution in [3.63, 3.8) is 0 Å². The van der Waals surface area contributed by atoms with Crippen LogP contribution in [0.25, 0.3) is 0 Å². The summed E-state index contributed by atoms with van der Waals surface area (Å²) in [7, 11) is 0. The maximum Gasteiger partial charge on any atom is 0.0538 e. The van der Waals surface area contributed by atoms with E-state index in [0.717, 1.165) is 31.1 Å². The Morgan fingerprint density at radius 2 is 2.36 bits per heavy atom. The van der Waals surface area contributed by atoms with E-state index in [1.807, 2.05) is 0 Å². The van der Waals surface area contributed by atoms with Gasteiger partial charge in [-0.15, -0.1) is 0 Å². The first kappa shape index (κ1) is 9.17. The Bertz CT molecular complexity index is 230. The monoisotopic (exact) mass is 195 g/mol. The van der Waals surface area contributed by atoms with Crippen LogP contribution >= 0.6 is 0 Å². The molecule has 0 spiro atoms. The van der Waals surface area contributed by atoms with Gasteiger partial charge in [0.2, 0.25) is 0 Å². The van der Waals surface area contributed by atoms with Gasteiger partial charge in [0.15, 0.2) is 0 Å². The Morgan fingerprint density at radius 3 is 2.93 bits per heavy atom. The summed E-state index contributed by atoms with van der Waals surface area (Å²) in [5.74, 6) is 1.79. The molecule has 2 nitrogen and oxygen atoms in total. The zero-order chi connectivity index (χ0) is 9.60. The molecule has 4 atom stereocenters. The van der Waals surface area contributed by atoms with Crippen molar-refractivity contribution in [3.8, 4) is 0 Å². The molecule has 1 saturated heterocycles. The van der Waals surface area contributed by atoms with Gasteiger partial charge in [0, 0.05) is 18.0 Å². The Hall–Kier alpha value is -0.0800. The molecule has 80 valence electrons. The van der Waals surface area contributed by atoms with Crippen molar-refractivity contribution < 1.29 is 4.74 Å². The summed E-state index contributed by atoms with van der Waals surface area (Å²) < 4.78 is 5.51. The highest BCUT2D eigenvalue weighted by Gasteiger charge is 2.57. The average molecular weight is 195 g/mol. The van der Waals surface area contributed by atoms with E-state index in [2.05, 4.69) is 12.2 Å². The zero-order valence-electron chi connectivity index (χ0n) is 9.09. The third-order valence-corrected chi connectivity index (χ3v) is 4.65. The molecule has 0 radical (unpaired) electrons. The Kier molecular flexibility index (Phi) is 2.10. The summed E-state index contributed by atoms with van der Waals surface area (Å²) in [6.45, 7) is 5.65. The molecule has 2 saturated carbocycles. The lowest BCUT2D eigenvalue weighted by Gasteiger charge is -2.20. The van der Waals surface area contributed by atoms with Gasteiger partial charge in [-0.3, -0.25) is 0 Å². The van der Waals surface area contributed by atoms with E-state index in [1.165, 1.54) is 32.2 Å². The van der Waals surface area contributed by atoms with Crippen molar-refractivity contribution in [2.75, 3.05) is 19.8 Å². The van der Waals surface area contributed by atoms with E-state index in [1.54, 1.807) is 0 Å². The molecular formula is C12H21NO. The van der Waals surface area contributed by atoms with Gasteiger partial charge in [0.05, 0.1) is 13.2 Å². The molecule has 3 rings (SSSR count). The Balaban J connectivity index is 1.50. The van der Waals surface area contributed by atoms with Gasteiger partial charge < -0.3 is 10.1 Å². The summed E-state index contributed by atoms with van der Waals surface area (Å²) in [5, 5.41) is 3.78. The van der Waals surface area contributed by atoms with E-state index < -0.39 is 0 Å². The molecule has 2 aliphatic carbocycles. The van der Waals surface area contributed by atoms with Crippen LogP contribution in [0.2, 0.25) is 0 Å². The molecule has 4 unspecified atom stereocenters. The minimum atomic E-state index is 0.572. The number of ether oxygens (including phenoxy) is 1. The zero-order valence-corrected chi connectivity index (χ0v) is 9.09. The lowest BCUT2D eigenvalue weighted by molar-refractivity contribution is 0.144. The first-order valence-corrected chi connectivity index (χ1v) is 6.11. The van der Waals surface area contributed by atoms with Crippen LogP contribution in [0.15, 0.2) is 0 Å². The van der Waals surface area contributed by atoms with Crippen LogP contribution < -0.4 is 5.32 Å². The minimum Gasteiger partial charge on any atom is -0.380 e. The topological polar surface area (TPSA) is 21.3 Å². The second kappa shape index (κ2) is 3.21. The lowest BCUT2D eigenvalue weighted by Crippen LogP contribution is -2.36. The predicted molar refractivity (Wildman–Crippen MR) is 56.2 cm³/mol. The number of rotatable bonds is 3. The summed E-state index contributed by atoms with van der Waals surface area (Å²) in [6, 6.07) is 0.797. The van der Waals surface area contributed by atoms with Crippen LogP contribution in [0.4, 0.5) is 0 Å². The van der Waals surface area contributed by atoms with Crippen molar-refractivity contribution in [2.45, 2.75) is 38.6 Å². The standard InChI is InChI=1S/C12H21NO/c1-9-3-2-4-11(9)13-7-12-5-10(12)6-14-8-12/h9-11,13H,2-8H2,1H3. The van der Waals surface area contributed by atoms with Gasteiger partial charge in [-0.25, -0.2) is 0 Å². The van der Waals surface area contributed by atoms with Crippen molar-refractivity contribution >= 4 is 0 Å². The third-order valence-electron chi connectivity index (χ3n) is 4.65. The van der Waals surface area contributed by atoms with Gasteiger partial charge >= 0.3 is 0 Å². The molecule has 3 aliphatic rings. The largest absolute Gasteiger partial charge is 0.380 e. The fourth-order valence-corrected chi connectivity index (χ4v) is 3.30. The van der Waals surface area contributed by atoms with E-state index in [9.17, 15) is 0 Å². The summed E-state index contributed by atoms with van der Waals surface area (Å²) in [4.78, 5) is 0. The van der Waals surface area contributed by atoms with Crippen LogP contribution in [0, 0.1) is 17.3 Å². The summed E-state index contributed by atoms with van der Waals surface area (Å²) in [5.41, 5.74) is 0.572. The number of fused-ring (bicyclic) bond motifs is 1. The number of hydrogen-bond donors (Lipinski definition) is 1. The third kappa shape index (κ3) is 1.40. The lowest BCUT2D eigenvalue weighted by atomic mass is 10.0. The average Bonchev–Trinajstić information content (AvgIpc) is 2.57. The molecule has 0 amide bonds. The molecule has 0 aromatic carbocycles. The van der Waals surface area contributed by atoms with E-state index in [-0.39, 0.29) is 0 Å². The second-order valence-electron chi connectivity index (χ2n) is 5.67. The van der Waals surface area contributed by atoms with Gasteiger partial charge in [0.25, 0.3) is 0 Å². The highest BCUT2D eigenvalue weighted by Crippen LogP contribution is 2.56. The Morgan fingerprint density at radius 1 is 1.43 bits per heavy atom. The van der Waals surface area contributed by atoms with Gasteiger partial charge in [-0.1, -0.05) is 13.3 Å². The molecule has 14 heavy (non-hydrogen) atoms. The summed E-state index contributed by atoms with van der Waals surface area (Å²) in [6.07, 6.45) is 5.65. The molecule has 0 aromatic rings. The fraction of sp³-hybridized carbons (Fsp3) is 1.00. The summed E-state index contributed by atoms with van der Waals surface area (Å²) >= 11 is 0. The van der Waals surface area contributed by atoms with E-state index in [0.29, 0.717) is 5.41 Å². The molecule has 0 aromatic heterocycles. The van der Waals surface area contributed by atoms with Crippen molar-refractivity contribution in [2.24, 2.45) is 17.3 Å². The van der Waals surface area contributed by atoms with E-state index in [4.69, 9.17) is 4.74 Å². The van der Waals surface area contributed by atoms with Gasteiger partial charge in [0.1, 0.15) is 0 Å². The second-order valence-corrected chi connectivity index (χ2v) is 5.67. The minimum absolute atomic E-state index is 0.572. The molecule has 1 N–H and O–H groups in total. The van der Waals surface area contributed by atoms with Crippen LogP contribution in [0.3, 0.4) is 0 Å². The normalized spacial score (nSPS) is 50.8. The van der Waals surface area contributed by atoms with Crippen LogP contribution in [-0.4, -0.2) is 25.8 Å². The van der Waals surface area contributed by atoms with Crippen molar-refractivity contribution in [1.29, 1.82) is 0 Å². The van der Waals surface area contributed by atoms with Crippen LogP contribution in [-0.2, 0) is 4.74 Å². The van der Waals surface area contributed by atoms with Gasteiger partial charge in [-0.05, 0) is 31.1 Å². The number of nitrogens with one attached hydrogen (secondary N) is 1. The molecule has 3 fully saturated rings. The quantitative estimate of drug-likeness (QED) is 0.741. The molecule has 1 aliphatic heterocycles. The highest BCUT2D eigenvalue weighted by atomic mass is 16.5. The maximum atomic E-state index is 5.51. The smallest absolute Gasteiger partial charge is 0.0538 e. The van der Waals surface area contributed by atoms with Crippen molar-refractivity contribution in [1.82, 2.24) is 5.32 Å². The van der Waals surface area contributed by atoms with Crippen molar-refractivity contribution in [3.05, 3.63) is 0 Å².